The predicted octanol–water partition coefficient (Wildman–Crippen LogP) is 7.83. The second-order valence-corrected chi connectivity index (χ2v) is 15.7. The van der Waals surface area contributed by atoms with Crippen molar-refractivity contribution >= 4 is 34.7 Å². The molecular formula is C39H50N4O4S. The average Bonchev–Trinajstić information content (AvgIpc) is 3.60. The van der Waals surface area contributed by atoms with E-state index < -0.39 is 24.5 Å². The SMILES string of the molecule is CCCC1CCC(C2CC=C(c3cnc(-c4ccc(CC(NC(=O)c5ccc(C(C)(C)C)s5)C(=O)NCC(=O)O)cc4)nc3)CC2)CC1. The molecule has 0 bridgehead atoms. The molecule has 256 valence electrons. The Hall–Kier alpha value is -3.85. The van der Waals surface area contributed by atoms with Crippen LogP contribution in [0.15, 0.2) is 54.9 Å². The van der Waals surface area contributed by atoms with Gasteiger partial charge in [-0.05, 0) is 78.5 Å². The standard InChI is InChI=1S/C39H50N4O4S/c1-5-6-25-7-11-27(12-8-25)28-15-17-29(18-16-28)31-22-40-36(41-23-31)30-13-9-26(10-14-30)21-32(37(46)42-24-35(44)45)43-38(47)33-19-20-34(48-33)39(2,3)4/h9-10,13-14,17,19-20,22-23,25,27-28,32H,5-8,11-12,15-16,18,21,24H2,1-4H3,(H,42,46)(H,43,47)(H,44,45). The van der Waals surface area contributed by atoms with Crippen LogP contribution in [-0.2, 0) is 21.4 Å². The number of aliphatic carboxylic acids is 1. The second kappa shape index (κ2) is 16.0. The van der Waals surface area contributed by atoms with E-state index in [1.165, 1.54) is 61.9 Å². The van der Waals surface area contributed by atoms with Crippen LogP contribution in [0.25, 0.3) is 17.0 Å². The van der Waals surface area contributed by atoms with Gasteiger partial charge < -0.3 is 15.7 Å². The van der Waals surface area contributed by atoms with Gasteiger partial charge in [-0.1, -0.05) is 83.7 Å². The molecule has 0 radical (unpaired) electrons. The molecule has 2 unspecified atom stereocenters. The van der Waals surface area contributed by atoms with E-state index in [0.717, 1.165) is 52.2 Å². The number of nitrogens with one attached hydrogen (secondary N) is 2. The lowest BCUT2D eigenvalue weighted by Gasteiger charge is -2.35. The molecule has 3 aromatic rings. The average molecular weight is 671 g/mol. The normalized spacial score (nSPS) is 20.4. The molecule has 1 aromatic carbocycles. The van der Waals surface area contributed by atoms with Crippen LogP contribution >= 0.6 is 11.3 Å². The Morgan fingerprint density at radius 1 is 0.938 bits per heavy atom. The summed E-state index contributed by atoms with van der Waals surface area (Å²) >= 11 is 1.39. The van der Waals surface area contributed by atoms with Crippen molar-refractivity contribution in [1.29, 1.82) is 0 Å². The van der Waals surface area contributed by atoms with E-state index in [4.69, 9.17) is 5.11 Å². The number of carboxylic acid groups (broad SMARTS) is 1. The third-order valence-electron chi connectivity index (χ3n) is 9.99. The topological polar surface area (TPSA) is 121 Å². The van der Waals surface area contributed by atoms with Gasteiger partial charge in [0.05, 0.1) is 4.88 Å². The molecule has 2 heterocycles. The van der Waals surface area contributed by atoms with Crippen LogP contribution in [-0.4, -0.2) is 45.4 Å². The minimum atomic E-state index is -1.15. The Labute approximate surface area is 288 Å². The molecule has 0 aliphatic heterocycles. The molecule has 5 rings (SSSR count). The summed E-state index contributed by atoms with van der Waals surface area (Å²) in [5, 5.41) is 14.3. The van der Waals surface area contributed by atoms with Gasteiger partial charge in [-0.3, -0.25) is 14.4 Å². The first-order valence-corrected chi connectivity index (χ1v) is 18.3. The Morgan fingerprint density at radius 2 is 1.65 bits per heavy atom. The van der Waals surface area contributed by atoms with Crippen molar-refractivity contribution in [3.8, 4) is 11.4 Å². The van der Waals surface area contributed by atoms with Gasteiger partial charge >= 0.3 is 5.97 Å². The highest BCUT2D eigenvalue weighted by Gasteiger charge is 2.29. The van der Waals surface area contributed by atoms with Crippen LogP contribution in [0.1, 0.15) is 111 Å². The van der Waals surface area contributed by atoms with E-state index in [2.05, 4.69) is 54.4 Å². The highest BCUT2D eigenvalue weighted by Crippen LogP contribution is 2.42. The van der Waals surface area contributed by atoms with Crippen molar-refractivity contribution in [1.82, 2.24) is 20.6 Å². The smallest absolute Gasteiger partial charge is 0.322 e. The number of hydrogen-bond acceptors (Lipinski definition) is 6. The number of benzene rings is 1. The Morgan fingerprint density at radius 3 is 2.23 bits per heavy atom. The van der Waals surface area contributed by atoms with Gasteiger partial charge in [0.25, 0.3) is 5.91 Å². The molecule has 9 heteroatoms. The number of rotatable bonds is 12. The minimum absolute atomic E-state index is 0.101. The molecule has 8 nitrogen and oxygen atoms in total. The lowest BCUT2D eigenvalue weighted by molar-refractivity contribution is -0.138. The van der Waals surface area contributed by atoms with Gasteiger partial charge in [0.2, 0.25) is 5.91 Å². The lowest BCUT2D eigenvalue weighted by Crippen LogP contribution is -2.49. The summed E-state index contributed by atoms with van der Waals surface area (Å²) in [6.07, 6.45) is 18.3. The molecule has 0 spiro atoms. The van der Waals surface area contributed by atoms with Gasteiger partial charge in [-0.25, -0.2) is 9.97 Å². The first-order chi connectivity index (χ1) is 23.0. The number of hydrogen-bond donors (Lipinski definition) is 3. The summed E-state index contributed by atoms with van der Waals surface area (Å²) in [6.45, 7) is 8.01. The Kier molecular flexibility index (Phi) is 11.8. The molecule has 48 heavy (non-hydrogen) atoms. The summed E-state index contributed by atoms with van der Waals surface area (Å²) in [7, 11) is 0. The number of aromatic nitrogens is 2. The van der Waals surface area contributed by atoms with Crippen LogP contribution in [0.2, 0.25) is 0 Å². The van der Waals surface area contributed by atoms with Crippen molar-refractivity contribution in [3.63, 3.8) is 0 Å². The lowest BCUT2D eigenvalue weighted by atomic mass is 9.70. The molecule has 2 amide bonds. The van der Waals surface area contributed by atoms with Gasteiger partial charge in [-0.15, -0.1) is 11.3 Å². The van der Waals surface area contributed by atoms with Gasteiger partial charge in [0.15, 0.2) is 5.82 Å². The molecule has 0 saturated heterocycles. The summed E-state index contributed by atoms with van der Waals surface area (Å²) in [5.41, 5.74) is 4.00. The van der Waals surface area contributed by atoms with Gasteiger partial charge in [-0.2, -0.15) is 0 Å². The zero-order valence-electron chi connectivity index (χ0n) is 28.8. The summed E-state index contributed by atoms with van der Waals surface area (Å²) in [6, 6.07) is 10.3. The predicted molar refractivity (Wildman–Crippen MR) is 192 cm³/mol. The summed E-state index contributed by atoms with van der Waals surface area (Å²) < 4.78 is 0. The maximum atomic E-state index is 13.1. The highest BCUT2D eigenvalue weighted by atomic mass is 32.1. The van der Waals surface area contributed by atoms with E-state index in [1.807, 2.05) is 42.7 Å². The van der Waals surface area contributed by atoms with Crippen molar-refractivity contribution in [2.75, 3.05) is 6.54 Å². The number of carboxylic acids is 1. The van der Waals surface area contributed by atoms with Crippen LogP contribution in [0, 0.1) is 17.8 Å². The highest BCUT2D eigenvalue weighted by molar-refractivity contribution is 7.14. The quantitative estimate of drug-likeness (QED) is 0.181. The van der Waals surface area contributed by atoms with Crippen LogP contribution in [0.4, 0.5) is 0 Å². The molecule has 1 saturated carbocycles. The minimum Gasteiger partial charge on any atom is -0.480 e. The Balaban J connectivity index is 1.19. The zero-order valence-corrected chi connectivity index (χ0v) is 29.6. The molecular weight excluding hydrogens is 621 g/mol. The fraction of sp³-hybridized carbons (Fsp3) is 0.513. The Bertz CT molecular complexity index is 1580. The zero-order chi connectivity index (χ0) is 34.3. The van der Waals surface area contributed by atoms with Crippen molar-refractivity contribution in [2.45, 2.75) is 103 Å². The number of nitrogens with zero attached hydrogens (tertiary/aromatic N) is 2. The van der Waals surface area contributed by atoms with E-state index in [0.29, 0.717) is 10.7 Å². The fourth-order valence-electron chi connectivity index (χ4n) is 7.16. The molecule has 2 atom stereocenters. The number of amides is 2. The van der Waals surface area contributed by atoms with E-state index in [-0.39, 0.29) is 17.7 Å². The van der Waals surface area contributed by atoms with Gasteiger partial charge in [0.1, 0.15) is 12.6 Å². The first-order valence-electron chi connectivity index (χ1n) is 17.5. The van der Waals surface area contributed by atoms with E-state index in [1.54, 1.807) is 6.07 Å². The van der Waals surface area contributed by atoms with Crippen molar-refractivity contribution in [3.05, 3.63) is 75.7 Å². The summed E-state index contributed by atoms with van der Waals surface area (Å²) in [5.74, 6) is 1.20. The maximum Gasteiger partial charge on any atom is 0.322 e. The molecule has 3 N–H and O–H groups in total. The van der Waals surface area contributed by atoms with Crippen LogP contribution in [0.3, 0.4) is 0 Å². The number of thiophene rings is 1. The molecule has 1 fully saturated rings. The van der Waals surface area contributed by atoms with Crippen LogP contribution in [0.5, 0.6) is 0 Å². The number of carbonyl (C=O) groups is 3. The number of allylic oxidation sites excluding steroid dienone is 2. The molecule has 2 aliphatic carbocycles. The first kappa shape index (κ1) is 35.5. The fourth-order valence-corrected chi connectivity index (χ4v) is 8.12. The van der Waals surface area contributed by atoms with Crippen molar-refractivity contribution in [2.24, 2.45) is 17.8 Å². The molecule has 2 aromatic heterocycles. The third kappa shape index (κ3) is 9.40. The maximum absolute atomic E-state index is 13.1. The largest absolute Gasteiger partial charge is 0.480 e. The van der Waals surface area contributed by atoms with Gasteiger partial charge in [0, 0.05) is 34.8 Å². The second-order valence-electron chi connectivity index (χ2n) is 14.6. The van der Waals surface area contributed by atoms with Crippen LogP contribution < -0.4 is 10.6 Å². The summed E-state index contributed by atoms with van der Waals surface area (Å²) in [4.78, 5) is 48.1. The van der Waals surface area contributed by atoms with Crippen molar-refractivity contribution < 1.29 is 19.5 Å². The molecule has 2 aliphatic rings. The number of carbonyl (C=O) groups excluding carboxylic acids is 2. The monoisotopic (exact) mass is 670 g/mol. The van der Waals surface area contributed by atoms with E-state index >= 15 is 0 Å². The third-order valence-corrected chi connectivity index (χ3v) is 11.5. The van der Waals surface area contributed by atoms with E-state index in [9.17, 15) is 14.4 Å².